The van der Waals surface area contributed by atoms with Gasteiger partial charge in [-0.3, -0.25) is 4.98 Å². The second-order valence-corrected chi connectivity index (χ2v) is 5.38. The predicted octanol–water partition coefficient (Wildman–Crippen LogP) is 1.81. The van der Waals surface area contributed by atoms with Crippen LogP contribution in [0.1, 0.15) is 30.1 Å². The van der Waals surface area contributed by atoms with Crippen LogP contribution in [0.2, 0.25) is 0 Å². The number of pyridine rings is 1. The van der Waals surface area contributed by atoms with Gasteiger partial charge in [0.2, 0.25) is 0 Å². The van der Waals surface area contributed by atoms with Crippen LogP contribution in [0.3, 0.4) is 0 Å². The van der Waals surface area contributed by atoms with Gasteiger partial charge < -0.3 is 14.8 Å². The number of dihydropyridines is 1. The van der Waals surface area contributed by atoms with Crippen LogP contribution in [-0.2, 0) is 19.1 Å². The monoisotopic (exact) mass is 336 g/mol. The number of aromatic nitrogens is 1. The lowest BCUT2D eigenvalue weighted by molar-refractivity contribution is -0.136. The summed E-state index contributed by atoms with van der Waals surface area (Å²) in [5.41, 5.74) is 0.462. The van der Waals surface area contributed by atoms with Gasteiger partial charge in [-0.2, -0.15) is 0 Å². The first kappa shape index (κ1) is 16.1. The summed E-state index contributed by atoms with van der Waals surface area (Å²) in [6, 6.07) is 0. The number of cyclic esters (lactones) is 1. The minimum absolute atomic E-state index is 0.00112. The third-order valence-electron chi connectivity index (χ3n) is 3.99. The number of esters is 2. The summed E-state index contributed by atoms with van der Waals surface area (Å²) in [6.07, 6.45) is 1.84. The SMILES string of the molecule is COC(=O)C1=CNC2=C(C(=O)OC2)[C@@H]1c1cncc(F)c1[C@H](C)F. The van der Waals surface area contributed by atoms with Gasteiger partial charge >= 0.3 is 11.9 Å². The van der Waals surface area contributed by atoms with Crippen molar-refractivity contribution in [3.05, 3.63) is 52.4 Å². The van der Waals surface area contributed by atoms with E-state index in [0.29, 0.717) is 5.70 Å². The summed E-state index contributed by atoms with van der Waals surface area (Å²) in [4.78, 5) is 28.0. The number of nitrogens with one attached hydrogen (secondary N) is 1. The molecule has 0 unspecified atom stereocenters. The van der Waals surface area contributed by atoms with Crippen LogP contribution in [0.25, 0.3) is 0 Å². The van der Waals surface area contributed by atoms with E-state index < -0.39 is 29.8 Å². The topological polar surface area (TPSA) is 77.5 Å². The highest BCUT2D eigenvalue weighted by Crippen LogP contribution is 2.42. The molecule has 3 heterocycles. The number of ether oxygens (including phenoxy) is 2. The Morgan fingerprint density at radius 2 is 2.25 bits per heavy atom. The molecule has 0 fully saturated rings. The number of methoxy groups -OCH3 is 1. The molecule has 126 valence electrons. The number of carbonyl (C=O) groups excluding carboxylic acids is 2. The predicted molar refractivity (Wildman–Crippen MR) is 77.7 cm³/mol. The largest absolute Gasteiger partial charge is 0.466 e. The maximum absolute atomic E-state index is 14.1. The highest BCUT2D eigenvalue weighted by Gasteiger charge is 2.41. The van der Waals surface area contributed by atoms with E-state index in [9.17, 15) is 18.4 Å². The van der Waals surface area contributed by atoms with E-state index in [-0.39, 0.29) is 28.9 Å². The van der Waals surface area contributed by atoms with Gasteiger partial charge in [0.25, 0.3) is 0 Å². The highest BCUT2D eigenvalue weighted by atomic mass is 19.1. The quantitative estimate of drug-likeness (QED) is 0.848. The van der Waals surface area contributed by atoms with E-state index in [4.69, 9.17) is 9.47 Å². The Kier molecular flexibility index (Phi) is 4.04. The summed E-state index contributed by atoms with van der Waals surface area (Å²) in [5, 5.41) is 2.80. The first-order valence-corrected chi connectivity index (χ1v) is 7.18. The van der Waals surface area contributed by atoms with Crippen molar-refractivity contribution in [1.82, 2.24) is 10.3 Å². The molecule has 3 rings (SSSR count). The van der Waals surface area contributed by atoms with Gasteiger partial charge in [0.05, 0.1) is 36.1 Å². The smallest absolute Gasteiger partial charge is 0.337 e. The molecular formula is C16H14F2N2O4. The minimum atomic E-state index is -1.65. The maximum atomic E-state index is 14.1. The summed E-state index contributed by atoms with van der Waals surface area (Å²) in [6.45, 7) is 1.17. The van der Waals surface area contributed by atoms with Gasteiger partial charge in [0.1, 0.15) is 18.6 Å². The van der Waals surface area contributed by atoms with Crippen molar-refractivity contribution in [3.63, 3.8) is 0 Å². The third kappa shape index (κ3) is 2.44. The molecule has 2 aliphatic rings. The van der Waals surface area contributed by atoms with Crippen LogP contribution < -0.4 is 5.32 Å². The van der Waals surface area contributed by atoms with Crippen molar-refractivity contribution in [2.24, 2.45) is 0 Å². The Morgan fingerprint density at radius 3 is 2.92 bits per heavy atom. The van der Waals surface area contributed by atoms with Crippen LogP contribution in [0, 0.1) is 5.82 Å². The zero-order valence-corrected chi connectivity index (χ0v) is 12.9. The summed E-state index contributed by atoms with van der Waals surface area (Å²) in [5.74, 6) is -3.24. The van der Waals surface area contributed by atoms with Gasteiger partial charge in [-0.1, -0.05) is 0 Å². The van der Waals surface area contributed by atoms with Crippen molar-refractivity contribution in [2.75, 3.05) is 13.7 Å². The fourth-order valence-electron chi connectivity index (χ4n) is 2.96. The number of nitrogens with zero attached hydrogens (tertiary/aromatic N) is 1. The maximum Gasteiger partial charge on any atom is 0.337 e. The van der Waals surface area contributed by atoms with Gasteiger partial charge in [-0.15, -0.1) is 0 Å². The van der Waals surface area contributed by atoms with Crippen LogP contribution in [0.15, 0.2) is 35.4 Å². The van der Waals surface area contributed by atoms with Crippen molar-refractivity contribution in [3.8, 4) is 0 Å². The Bertz CT molecular complexity index is 786. The van der Waals surface area contributed by atoms with Crippen molar-refractivity contribution in [2.45, 2.75) is 19.0 Å². The molecule has 1 aromatic rings. The average Bonchev–Trinajstić information content (AvgIpc) is 2.94. The summed E-state index contributed by atoms with van der Waals surface area (Å²) in [7, 11) is 1.18. The lowest BCUT2D eigenvalue weighted by atomic mass is 9.80. The lowest BCUT2D eigenvalue weighted by Gasteiger charge is -2.26. The molecule has 0 spiro atoms. The number of hydrogen-bond acceptors (Lipinski definition) is 6. The normalized spacial score (nSPS) is 20.8. The molecule has 0 amide bonds. The Hall–Kier alpha value is -2.77. The molecule has 2 atom stereocenters. The van der Waals surface area contributed by atoms with Gasteiger partial charge in [0, 0.05) is 18.0 Å². The van der Waals surface area contributed by atoms with Crippen molar-refractivity contribution >= 4 is 11.9 Å². The van der Waals surface area contributed by atoms with Crippen LogP contribution in [-0.4, -0.2) is 30.6 Å². The summed E-state index contributed by atoms with van der Waals surface area (Å²) >= 11 is 0. The Labute approximate surface area is 136 Å². The average molecular weight is 336 g/mol. The lowest BCUT2D eigenvalue weighted by Crippen LogP contribution is -2.27. The van der Waals surface area contributed by atoms with Crippen LogP contribution in [0.5, 0.6) is 0 Å². The molecule has 0 aliphatic carbocycles. The molecular weight excluding hydrogens is 322 g/mol. The van der Waals surface area contributed by atoms with Crippen molar-refractivity contribution < 1.29 is 27.8 Å². The molecule has 1 N–H and O–H groups in total. The molecule has 6 nitrogen and oxygen atoms in total. The number of halogens is 2. The van der Waals surface area contributed by atoms with Crippen LogP contribution >= 0.6 is 0 Å². The Balaban J connectivity index is 2.22. The first-order valence-electron chi connectivity index (χ1n) is 7.18. The molecule has 24 heavy (non-hydrogen) atoms. The molecule has 0 saturated carbocycles. The fraction of sp³-hybridized carbons (Fsp3) is 0.312. The van der Waals surface area contributed by atoms with Gasteiger partial charge in [0.15, 0.2) is 0 Å². The molecule has 2 aliphatic heterocycles. The van der Waals surface area contributed by atoms with E-state index in [0.717, 1.165) is 6.20 Å². The minimum Gasteiger partial charge on any atom is -0.466 e. The fourth-order valence-corrected chi connectivity index (χ4v) is 2.96. The number of hydrogen-bond donors (Lipinski definition) is 1. The van der Waals surface area contributed by atoms with E-state index in [2.05, 4.69) is 10.3 Å². The third-order valence-corrected chi connectivity index (χ3v) is 3.99. The second-order valence-electron chi connectivity index (χ2n) is 5.38. The van der Waals surface area contributed by atoms with Crippen LogP contribution in [0.4, 0.5) is 8.78 Å². The van der Waals surface area contributed by atoms with Gasteiger partial charge in [-0.25, -0.2) is 18.4 Å². The van der Waals surface area contributed by atoms with E-state index >= 15 is 0 Å². The van der Waals surface area contributed by atoms with E-state index in [1.165, 1.54) is 26.4 Å². The molecule has 8 heteroatoms. The van der Waals surface area contributed by atoms with Gasteiger partial charge in [-0.05, 0) is 12.5 Å². The molecule has 1 aromatic heterocycles. The zero-order valence-electron chi connectivity index (χ0n) is 12.9. The first-order chi connectivity index (χ1) is 11.5. The molecule has 0 aromatic carbocycles. The van der Waals surface area contributed by atoms with E-state index in [1.54, 1.807) is 0 Å². The highest BCUT2D eigenvalue weighted by molar-refractivity contribution is 6.00. The Morgan fingerprint density at radius 1 is 1.50 bits per heavy atom. The number of carbonyl (C=O) groups is 2. The van der Waals surface area contributed by atoms with E-state index in [1.807, 2.05) is 0 Å². The standard InChI is InChI=1S/C16H14F2N2O4/c1-7(17)12-8(3-19-5-10(12)18)13-9(15(21)23-2)4-20-11-6-24-16(22)14(11)13/h3-5,7,13,20H,6H2,1-2H3/t7-,13+/m0/s1. The molecule has 0 radical (unpaired) electrons. The zero-order chi connectivity index (χ0) is 17.4. The number of alkyl halides is 1. The van der Waals surface area contributed by atoms with Crippen molar-refractivity contribution in [1.29, 1.82) is 0 Å². The number of rotatable bonds is 3. The summed E-state index contributed by atoms with van der Waals surface area (Å²) < 4.78 is 37.8. The second kappa shape index (κ2) is 6.03. The molecule has 0 saturated heterocycles. The molecule has 0 bridgehead atoms.